The van der Waals surface area contributed by atoms with E-state index in [1.165, 1.54) is 0 Å². The maximum Gasteiger partial charge on any atom is 0.303 e. The summed E-state index contributed by atoms with van der Waals surface area (Å²) in [7, 11) is 4.15. The first-order valence-corrected chi connectivity index (χ1v) is 4.12. The molecule has 1 N–H and O–H groups in total. The lowest BCUT2D eigenvalue weighted by Crippen LogP contribution is -2.40. The third-order valence-corrected chi connectivity index (χ3v) is 1.78. The minimum absolute atomic E-state index is 0.263. The van der Waals surface area contributed by atoms with E-state index in [1.807, 2.05) is 6.08 Å². The second-order valence-corrected chi connectivity index (χ2v) is 3.63. The summed E-state index contributed by atoms with van der Waals surface area (Å²) in [5, 5.41) is 8.41. The molecule has 3 nitrogen and oxygen atoms in total. The van der Waals surface area contributed by atoms with Crippen molar-refractivity contribution < 1.29 is 14.4 Å². The van der Waals surface area contributed by atoms with Crippen LogP contribution in [0.5, 0.6) is 0 Å². The van der Waals surface area contributed by atoms with Gasteiger partial charge in [-0.2, -0.15) is 0 Å². The van der Waals surface area contributed by atoms with Crippen LogP contribution >= 0.6 is 0 Å². The van der Waals surface area contributed by atoms with Gasteiger partial charge in [-0.25, -0.2) is 0 Å². The van der Waals surface area contributed by atoms with Gasteiger partial charge >= 0.3 is 5.97 Å². The van der Waals surface area contributed by atoms with Crippen LogP contribution in [-0.4, -0.2) is 42.7 Å². The monoisotopic (exact) mass is 172 g/mol. The fourth-order valence-corrected chi connectivity index (χ4v) is 1.10. The van der Waals surface area contributed by atoms with Gasteiger partial charge in [0.2, 0.25) is 0 Å². The second kappa shape index (κ2) is 4.93. The Bertz CT molecular complexity index is 164. The maximum absolute atomic E-state index is 10.2. The summed E-state index contributed by atoms with van der Waals surface area (Å²) in [5.74, 6) is -0.714. The molecular formula is C9H18NO2+. The van der Waals surface area contributed by atoms with E-state index in [-0.39, 0.29) is 6.42 Å². The Morgan fingerprint density at radius 1 is 1.58 bits per heavy atom. The van der Waals surface area contributed by atoms with Gasteiger partial charge in [0.25, 0.3) is 0 Å². The van der Waals surface area contributed by atoms with E-state index in [1.54, 1.807) is 0 Å². The number of carboxylic acid groups (broad SMARTS) is 1. The van der Waals surface area contributed by atoms with Gasteiger partial charge in [0.05, 0.1) is 33.6 Å². The molecule has 0 aromatic rings. The quantitative estimate of drug-likeness (QED) is 0.481. The van der Waals surface area contributed by atoms with Gasteiger partial charge in [0.15, 0.2) is 0 Å². The highest BCUT2D eigenvalue weighted by atomic mass is 16.4. The predicted octanol–water partition coefficient (Wildman–Crippen LogP) is 1.11. The Labute approximate surface area is 73.9 Å². The minimum atomic E-state index is -0.714. The summed E-state index contributed by atoms with van der Waals surface area (Å²) in [6, 6.07) is 0. The molecule has 0 aliphatic rings. The SMILES string of the molecule is C=CC[N+](C)(C)CCCC(=O)O. The van der Waals surface area contributed by atoms with Crippen LogP contribution < -0.4 is 0 Å². The number of hydrogen-bond donors (Lipinski definition) is 1. The molecule has 0 atom stereocenters. The zero-order valence-electron chi connectivity index (χ0n) is 7.92. The van der Waals surface area contributed by atoms with Crippen LogP contribution in [0.25, 0.3) is 0 Å². The van der Waals surface area contributed by atoms with Crippen LogP contribution in [0.2, 0.25) is 0 Å². The van der Waals surface area contributed by atoms with Gasteiger partial charge in [-0.15, -0.1) is 0 Å². The number of quaternary nitrogens is 1. The normalized spacial score (nSPS) is 11.2. The third kappa shape index (κ3) is 5.92. The first-order chi connectivity index (χ1) is 5.48. The van der Waals surface area contributed by atoms with Crippen molar-refractivity contribution in [3.8, 4) is 0 Å². The summed E-state index contributed by atoms with van der Waals surface area (Å²) in [6.45, 7) is 5.43. The van der Waals surface area contributed by atoms with E-state index >= 15 is 0 Å². The Morgan fingerprint density at radius 3 is 2.58 bits per heavy atom. The van der Waals surface area contributed by atoms with Crippen molar-refractivity contribution in [3.63, 3.8) is 0 Å². The van der Waals surface area contributed by atoms with E-state index < -0.39 is 5.97 Å². The average molecular weight is 172 g/mol. The van der Waals surface area contributed by atoms with Crippen LogP contribution in [0.3, 0.4) is 0 Å². The summed E-state index contributed by atoms with van der Waals surface area (Å²) in [5.41, 5.74) is 0. The Kier molecular flexibility index (Phi) is 4.59. The van der Waals surface area contributed by atoms with Crippen molar-refractivity contribution in [1.29, 1.82) is 0 Å². The molecule has 0 saturated carbocycles. The van der Waals surface area contributed by atoms with Crippen LogP contribution in [0.4, 0.5) is 0 Å². The molecule has 3 heteroatoms. The number of aliphatic carboxylic acids is 1. The summed E-state index contributed by atoms with van der Waals surface area (Å²) in [4.78, 5) is 10.2. The van der Waals surface area contributed by atoms with Crippen molar-refractivity contribution in [2.75, 3.05) is 27.2 Å². The summed E-state index contributed by atoms with van der Waals surface area (Å²) < 4.78 is 0.816. The average Bonchev–Trinajstić information content (AvgIpc) is 1.85. The molecule has 70 valence electrons. The second-order valence-electron chi connectivity index (χ2n) is 3.63. The van der Waals surface area contributed by atoms with Crippen molar-refractivity contribution in [1.82, 2.24) is 0 Å². The molecule has 0 aliphatic heterocycles. The third-order valence-electron chi connectivity index (χ3n) is 1.78. The largest absolute Gasteiger partial charge is 0.481 e. The van der Waals surface area contributed by atoms with Crippen LogP contribution in [0.1, 0.15) is 12.8 Å². The van der Waals surface area contributed by atoms with Crippen LogP contribution in [0, 0.1) is 0 Å². The van der Waals surface area contributed by atoms with Crippen molar-refractivity contribution in [2.24, 2.45) is 0 Å². The number of carboxylic acids is 1. The van der Waals surface area contributed by atoms with Crippen LogP contribution in [-0.2, 0) is 4.79 Å². The molecule has 0 aliphatic carbocycles. The first-order valence-electron chi connectivity index (χ1n) is 4.12. The summed E-state index contributed by atoms with van der Waals surface area (Å²) in [6.07, 6.45) is 2.86. The van der Waals surface area contributed by atoms with Crippen molar-refractivity contribution in [3.05, 3.63) is 12.7 Å². The Morgan fingerprint density at radius 2 is 2.17 bits per heavy atom. The molecule has 0 heterocycles. The smallest absolute Gasteiger partial charge is 0.303 e. The molecular weight excluding hydrogens is 154 g/mol. The zero-order chi connectivity index (χ0) is 9.61. The van der Waals surface area contributed by atoms with Gasteiger partial charge in [0.1, 0.15) is 0 Å². The van der Waals surface area contributed by atoms with Gasteiger partial charge < -0.3 is 9.59 Å². The standard InChI is InChI=1S/C9H17NO2/c1-4-7-10(2,3)8-5-6-9(11)12/h4H,1,5-8H2,2-3H3/p+1. The molecule has 0 spiro atoms. The lowest BCUT2D eigenvalue weighted by atomic mass is 10.2. The highest BCUT2D eigenvalue weighted by Gasteiger charge is 2.12. The topological polar surface area (TPSA) is 37.3 Å². The molecule has 0 aromatic carbocycles. The lowest BCUT2D eigenvalue weighted by Gasteiger charge is -2.27. The van der Waals surface area contributed by atoms with Gasteiger partial charge in [0, 0.05) is 6.42 Å². The molecule has 0 amide bonds. The summed E-state index contributed by atoms with van der Waals surface area (Å²) >= 11 is 0. The lowest BCUT2D eigenvalue weighted by molar-refractivity contribution is -0.884. The van der Waals surface area contributed by atoms with E-state index in [9.17, 15) is 4.79 Å². The molecule has 0 saturated heterocycles. The van der Waals surface area contributed by atoms with Gasteiger partial charge in [-0.05, 0) is 6.08 Å². The van der Waals surface area contributed by atoms with E-state index in [2.05, 4.69) is 20.7 Å². The highest BCUT2D eigenvalue weighted by molar-refractivity contribution is 5.66. The van der Waals surface area contributed by atoms with Crippen molar-refractivity contribution >= 4 is 5.97 Å². The number of carbonyl (C=O) groups is 1. The Hall–Kier alpha value is -0.830. The Balaban J connectivity index is 3.60. The molecule has 0 rings (SSSR count). The molecule has 0 aromatic heterocycles. The number of likely N-dealkylation sites (N-methyl/N-ethyl adjacent to an activating group) is 1. The minimum Gasteiger partial charge on any atom is -0.481 e. The molecule has 0 radical (unpaired) electrons. The van der Waals surface area contributed by atoms with E-state index in [0.29, 0.717) is 0 Å². The molecule has 0 bridgehead atoms. The number of rotatable bonds is 6. The number of nitrogens with zero attached hydrogens (tertiary/aromatic N) is 1. The first kappa shape index (κ1) is 11.2. The predicted molar refractivity (Wildman–Crippen MR) is 48.9 cm³/mol. The fraction of sp³-hybridized carbons (Fsp3) is 0.667. The van der Waals surface area contributed by atoms with E-state index in [0.717, 1.165) is 24.0 Å². The van der Waals surface area contributed by atoms with E-state index in [4.69, 9.17) is 5.11 Å². The molecule has 0 unspecified atom stereocenters. The van der Waals surface area contributed by atoms with Gasteiger partial charge in [-0.1, -0.05) is 6.58 Å². The molecule has 0 fully saturated rings. The number of hydrogen-bond acceptors (Lipinski definition) is 1. The van der Waals surface area contributed by atoms with Crippen molar-refractivity contribution in [2.45, 2.75) is 12.8 Å². The zero-order valence-corrected chi connectivity index (χ0v) is 7.92. The van der Waals surface area contributed by atoms with Gasteiger partial charge in [-0.3, -0.25) is 4.79 Å². The fourth-order valence-electron chi connectivity index (χ4n) is 1.10. The maximum atomic E-state index is 10.2. The van der Waals surface area contributed by atoms with Crippen LogP contribution in [0.15, 0.2) is 12.7 Å². The highest BCUT2D eigenvalue weighted by Crippen LogP contribution is 2.01. The molecule has 12 heavy (non-hydrogen) atoms.